The van der Waals surface area contributed by atoms with E-state index < -0.39 is 0 Å². The molecular formula is C26H27N3O2S. The number of fused-ring (bicyclic) bond motifs is 1. The molecule has 4 aromatic rings. The molecule has 2 aromatic heterocycles. The first-order valence-corrected chi connectivity index (χ1v) is 11.7. The number of ether oxygens (including phenoxy) is 1. The van der Waals surface area contributed by atoms with Crippen LogP contribution in [0.4, 0.5) is 5.13 Å². The predicted molar refractivity (Wildman–Crippen MR) is 131 cm³/mol. The molecule has 2 heterocycles. The Morgan fingerprint density at radius 2 is 2.00 bits per heavy atom. The Morgan fingerprint density at radius 1 is 1.12 bits per heavy atom. The molecule has 0 fully saturated rings. The lowest BCUT2D eigenvalue weighted by molar-refractivity contribution is 0.0984. The van der Waals surface area contributed by atoms with Crippen molar-refractivity contribution >= 4 is 32.6 Å². The zero-order valence-electron chi connectivity index (χ0n) is 18.7. The number of pyridine rings is 1. The molecule has 0 radical (unpaired) electrons. The molecule has 0 spiro atoms. The first-order chi connectivity index (χ1) is 15.5. The summed E-state index contributed by atoms with van der Waals surface area (Å²) in [4.78, 5) is 24.5. The molecule has 4 rings (SSSR count). The van der Waals surface area contributed by atoms with E-state index in [1.807, 2.05) is 36.4 Å². The summed E-state index contributed by atoms with van der Waals surface area (Å²) in [5.74, 6) is 0.602. The van der Waals surface area contributed by atoms with Gasteiger partial charge in [0.25, 0.3) is 5.91 Å². The van der Waals surface area contributed by atoms with E-state index in [2.05, 4.69) is 37.9 Å². The highest BCUT2D eigenvalue weighted by atomic mass is 32.1. The molecule has 0 aliphatic heterocycles. The minimum atomic E-state index is -0.108. The highest BCUT2D eigenvalue weighted by molar-refractivity contribution is 7.22. The van der Waals surface area contributed by atoms with Gasteiger partial charge in [0.05, 0.1) is 23.4 Å². The molecule has 0 atom stereocenters. The van der Waals surface area contributed by atoms with Gasteiger partial charge in [-0.2, -0.15) is 0 Å². The number of benzene rings is 2. The second-order valence-electron chi connectivity index (χ2n) is 7.91. The monoisotopic (exact) mass is 445 g/mol. The van der Waals surface area contributed by atoms with Gasteiger partial charge in [-0.25, -0.2) is 4.98 Å². The molecule has 0 unspecified atom stereocenters. The maximum absolute atomic E-state index is 13.7. The number of thiazole rings is 1. The Morgan fingerprint density at radius 3 is 2.78 bits per heavy atom. The average Bonchev–Trinajstić information content (AvgIpc) is 3.22. The van der Waals surface area contributed by atoms with Crippen LogP contribution in [0.25, 0.3) is 10.2 Å². The average molecular weight is 446 g/mol. The largest absolute Gasteiger partial charge is 0.494 e. The Labute approximate surface area is 192 Å². The maximum atomic E-state index is 13.7. The summed E-state index contributed by atoms with van der Waals surface area (Å²) in [5, 5.41) is 0.680. The number of unbranched alkanes of at least 4 members (excludes halogenated alkanes) is 1. The molecule has 0 bridgehead atoms. The highest BCUT2D eigenvalue weighted by Crippen LogP contribution is 2.33. The van der Waals surface area contributed by atoms with Gasteiger partial charge >= 0.3 is 0 Å². The Bertz CT molecular complexity index is 1220. The first-order valence-electron chi connectivity index (χ1n) is 10.9. The number of hydrogen-bond acceptors (Lipinski definition) is 5. The molecule has 5 nitrogen and oxygen atoms in total. The van der Waals surface area contributed by atoms with E-state index in [-0.39, 0.29) is 5.91 Å². The number of nitrogens with zero attached hydrogens (tertiary/aromatic N) is 3. The van der Waals surface area contributed by atoms with E-state index in [1.54, 1.807) is 28.6 Å². The molecule has 164 valence electrons. The van der Waals surface area contributed by atoms with Crippen molar-refractivity contribution in [1.82, 2.24) is 9.97 Å². The number of hydrogen-bond donors (Lipinski definition) is 0. The quantitative estimate of drug-likeness (QED) is 0.297. The van der Waals surface area contributed by atoms with Gasteiger partial charge in [0.15, 0.2) is 5.13 Å². The van der Waals surface area contributed by atoms with Gasteiger partial charge < -0.3 is 4.74 Å². The van der Waals surface area contributed by atoms with Crippen molar-refractivity contribution in [3.8, 4) is 5.75 Å². The smallest absolute Gasteiger partial charge is 0.260 e. The highest BCUT2D eigenvalue weighted by Gasteiger charge is 2.23. The summed E-state index contributed by atoms with van der Waals surface area (Å²) in [7, 11) is 0. The van der Waals surface area contributed by atoms with Crippen LogP contribution in [0, 0.1) is 13.8 Å². The predicted octanol–water partition coefficient (Wildman–Crippen LogP) is 6.33. The summed E-state index contributed by atoms with van der Waals surface area (Å²) in [5.41, 5.74) is 4.78. The SMILES string of the molecule is CCCCOc1cccc(C(=O)N(Cc2cccnc2)c2nc3cc(C)cc(C)c3s2)c1. The van der Waals surface area contributed by atoms with Crippen LogP contribution < -0.4 is 9.64 Å². The van der Waals surface area contributed by atoms with Crippen molar-refractivity contribution in [2.45, 2.75) is 40.2 Å². The zero-order chi connectivity index (χ0) is 22.5. The van der Waals surface area contributed by atoms with Crippen molar-refractivity contribution in [2.24, 2.45) is 0 Å². The standard InChI is InChI=1S/C26H27N3O2S/c1-4-5-12-31-22-10-6-9-21(15-22)25(30)29(17-20-8-7-11-27-16-20)26-28-23-14-18(2)13-19(3)24(23)32-26/h6-11,13-16H,4-5,12,17H2,1-3H3. The van der Waals surface area contributed by atoms with E-state index in [1.165, 1.54) is 5.56 Å². The minimum Gasteiger partial charge on any atom is -0.494 e. The number of carbonyl (C=O) groups is 1. The van der Waals surface area contributed by atoms with Crippen molar-refractivity contribution < 1.29 is 9.53 Å². The van der Waals surface area contributed by atoms with Gasteiger partial charge in [0, 0.05) is 18.0 Å². The first kappa shape index (κ1) is 22.0. The van der Waals surface area contributed by atoms with E-state index in [0.717, 1.165) is 34.2 Å². The van der Waals surface area contributed by atoms with Crippen molar-refractivity contribution in [1.29, 1.82) is 0 Å². The second kappa shape index (κ2) is 9.92. The summed E-state index contributed by atoms with van der Waals surface area (Å²) >= 11 is 1.55. The molecular weight excluding hydrogens is 418 g/mol. The number of aromatic nitrogens is 2. The molecule has 1 amide bonds. The molecule has 32 heavy (non-hydrogen) atoms. The Hall–Kier alpha value is -3.25. The van der Waals surface area contributed by atoms with Gasteiger partial charge in [-0.15, -0.1) is 0 Å². The van der Waals surface area contributed by atoms with Gasteiger partial charge in [0.1, 0.15) is 5.75 Å². The van der Waals surface area contributed by atoms with E-state index in [0.29, 0.717) is 29.6 Å². The van der Waals surface area contributed by atoms with Crippen LogP contribution in [0.3, 0.4) is 0 Å². The lowest BCUT2D eigenvalue weighted by atomic mass is 10.1. The van der Waals surface area contributed by atoms with Gasteiger partial charge in [-0.05, 0) is 67.3 Å². The molecule has 0 saturated heterocycles. The van der Waals surface area contributed by atoms with Crippen LogP contribution in [0.15, 0.2) is 60.9 Å². The molecule has 6 heteroatoms. The topological polar surface area (TPSA) is 55.3 Å². The van der Waals surface area contributed by atoms with Crippen molar-refractivity contribution in [2.75, 3.05) is 11.5 Å². The van der Waals surface area contributed by atoms with Gasteiger partial charge in [-0.3, -0.25) is 14.7 Å². The Kier molecular flexibility index (Phi) is 6.81. The number of amides is 1. The minimum absolute atomic E-state index is 0.108. The van der Waals surface area contributed by atoms with Crippen LogP contribution in [-0.2, 0) is 6.54 Å². The molecule has 0 aliphatic carbocycles. The lowest BCUT2D eigenvalue weighted by Gasteiger charge is -2.20. The third-order valence-corrected chi connectivity index (χ3v) is 6.43. The third kappa shape index (κ3) is 4.97. The molecule has 0 aliphatic rings. The van der Waals surface area contributed by atoms with Crippen molar-refractivity contribution in [3.05, 3.63) is 83.2 Å². The summed E-state index contributed by atoms with van der Waals surface area (Å²) in [6.07, 6.45) is 5.56. The fourth-order valence-electron chi connectivity index (χ4n) is 3.59. The van der Waals surface area contributed by atoms with Crippen LogP contribution in [0.1, 0.15) is 46.8 Å². The van der Waals surface area contributed by atoms with Crippen molar-refractivity contribution in [3.63, 3.8) is 0 Å². The summed E-state index contributed by atoms with van der Waals surface area (Å²) in [6.45, 7) is 7.31. The fourth-order valence-corrected chi connectivity index (χ4v) is 4.60. The number of aryl methyl sites for hydroxylation is 2. The summed E-state index contributed by atoms with van der Waals surface area (Å²) < 4.78 is 6.93. The summed E-state index contributed by atoms with van der Waals surface area (Å²) in [6, 6.07) is 15.5. The normalized spacial score (nSPS) is 11.0. The Balaban J connectivity index is 1.71. The van der Waals surface area contributed by atoms with E-state index in [9.17, 15) is 4.79 Å². The maximum Gasteiger partial charge on any atom is 0.260 e. The lowest BCUT2D eigenvalue weighted by Crippen LogP contribution is -2.30. The molecule has 0 saturated carbocycles. The van der Waals surface area contributed by atoms with Gasteiger partial charge in [-0.1, -0.05) is 42.9 Å². The number of rotatable bonds is 8. The van der Waals surface area contributed by atoms with Crippen LogP contribution >= 0.6 is 11.3 Å². The molecule has 2 aromatic carbocycles. The number of anilines is 1. The van der Waals surface area contributed by atoms with Gasteiger partial charge in [0.2, 0.25) is 0 Å². The van der Waals surface area contributed by atoms with Crippen LogP contribution in [0.2, 0.25) is 0 Å². The van der Waals surface area contributed by atoms with E-state index >= 15 is 0 Å². The third-order valence-electron chi connectivity index (χ3n) is 5.20. The zero-order valence-corrected chi connectivity index (χ0v) is 19.5. The fraction of sp³-hybridized carbons (Fsp3) is 0.269. The number of carbonyl (C=O) groups excluding carboxylic acids is 1. The molecule has 0 N–H and O–H groups in total. The van der Waals surface area contributed by atoms with E-state index in [4.69, 9.17) is 9.72 Å². The second-order valence-corrected chi connectivity index (χ2v) is 8.89. The van der Waals surface area contributed by atoms with Crippen LogP contribution in [-0.4, -0.2) is 22.5 Å². The van der Waals surface area contributed by atoms with Crippen LogP contribution in [0.5, 0.6) is 5.75 Å².